The fourth-order valence-electron chi connectivity index (χ4n) is 1.31. The van der Waals surface area contributed by atoms with Gasteiger partial charge in [-0.2, -0.15) is 0 Å². The molecule has 0 bridgehead atoms. The van der Waals surface area contributed by atoms with Crippen molar-refractivity contribution in [1.82, 2.24) is 16.0 Å². The molecular weight excluding hydrogens is 142 g/mol. The van der Waals surface area contributed by atoms with E-state index in [4.69, 9.17) is 4.79 Å². The smallest absolute Gasteiger partial charge is 0.106 e. The van der Waals surface area contributed by atoms with Gasteiger partial charge < -0.3 is 20.7 Å². The van der Waals surface area contributed by atoms with Gasteiger partial charge in [0.2, 0.25) is 0 Å². The topological polar surface area (TPSA) is 53.2 Å². The Morgan fingerprint density at radius 2 is 1.91 bits per heavy atom. The molecule has 2 rings (SSSR count). The van der Waals surface area contributed by atoms with E-state index in [1.807, 2.05) is 6.79 Å². The van der Waals surface area contributed by atoms with Gasteiger partial charge in [-0.15, -0.1) is 0 Å². The van der Waals surface area contributed by atoms with Crippen molar-refractivity contribution in [3.8, 4) is 0 Å². The Labute approximate surface area is 66.0 Å². The van der Waals surface area contributed by atoms with Gasteiger partial charge in [0.1, 0.15) is 6.79 Å². The van der Waals surface area contributed by atoms with Crippen molar-refractivity contribution in [2.24, 2.45) is 0 Å². The minimum atomic E-state index is 0.923. The molecule has 0 amide bonds. The van der Waals surface area contributed by atoms with Gasteiger partial charge in [0.25, 0.3) is 0 Å². The van der Waals surface area contributed by atoms with Crippen molar-refractivity contribution in [3.05, 3.63) is 11.4 Å². The summed E-state index contributed by atoms with van der Waals surface area (Å²) in [5, 5.41) is 9.85. The van der Waals surface area contributed by atoms with Crippen LogP contribution in [-0.2, 0) is 4.79 Å². The molecule has 0 spiro atoms. The van der Waals surface area contributed by atoms with Crippen molar-refractivity contribution in [2.75, 3.05) is 19.8 Å². The largest absolute Gasteiger partial charge is 0.370 e. The summed E-state index contributed by atoms with van der Waals surface area (Å²) in [4.78, 5) is 8.00. The lowest BCUT2D eigenvalue weighted by Gasteiger charge is -2.13. The van der Waals surface area contributed by atoms with Crippen LogP contribution in [0.1, 0.15) is 6.42 Å². The third-order valence-corrected chi connectivity index (χ3v) is 1.82. The molecule has 0 aliphatic carbocycles. The molecule has 0 saturated heterocycles. The predicted molar refractivity (Wildman–Crippen MR) is 42.8 cm³/mol. The molecular formula is C7H13N3O. The first-order valence-corrected chi connectivity index (χ1v) is 3.66. The van der Waals surface area contributed by atoms with E-state index < -0.39 is 0 Å². The third kappa shape index (κ3) is 1.71. The summed E-state index contributed by atoms with van der Waals surface area (Å²) in [6.07, 6.45) is 1.16. The highest BCUT2D eigenvalue weighted by molar-refractivity contribution is 5.19. The molecule has 0 aromatic rings. The van der Waals surface area contributed by atoms with Gasteiger partial charge in [-0.3, -0.25) is 0 Å². The zero-order valence-electron chi connectivity index (χ0n) is 6.44. The Kier molecular flexibility index (Phi) is 2.92. The van der Waals surface area contributed by atoms with Crippen LogP contribution in [0.25, 0.3) is 0 Å². The van der Waals surface area contributed by atoms with Crippen LogP contribution in [0.3, 0.4) is 0 Å². The molecule has 0 unspecified atom stereocenters. The van der Waals surface area contributed by atoms with Crippen molar-refractivity contribution in [3.63, 3.8) is 0 Å². The average Bonchev–Trinajstić information content (AvgIpc) is 2.55. The van der Waals surface area contributed by atoms with E-state index in [9.17, 15) is 0 Å². The second kappa shape index (κ2) is 3.98. The second-order valence-electron chi connectivity index (χ2n) is 2.41. The van der Waals surface area contributed by atoms with Gasteiger partial charge in [0.15, 0.2) is 0 Å². The van der Waals surface area contributed by atoms with Crippen LogP contribution in [0.4, 0.5) is 0 Å². The second-order valence-corrected chi connectivity index (χ2v) is 2.41. The average molecular weight is 155 g/mol. The maximum absolute atomic E-state index is 8.00. The summed E-state index contributed by atoms with van der Waals surface area (Å²) in [5.74, 6) is 0. The van der Waals surface area contributed by atoms with Crippen molar-refractivity contribution in [2.45, 2.75) is 6.42 Å². The fraction of sp³-hybridized carbons (Fsp3) is 0.571. The molecule has 11 heavy (non-hydrogen) atoms. The maximum atomic E-state index is 8.00. The molecule has 4 heteroatoms. The molecule has 0 atom stereocenters. The van der Waals surface area contributed by atoms with Gasteiger partial charge in [0.05, 0.1) is 6.67 Å². The van der Waals surface area contributed by atoms with Crippen LogP contribution in [-0.4, -0.2) is 26.5 Å². The van der Waals surface area contributed by atoms with Crippen LogP contribution < -0.4 is 16.0 Å². The highest BCUT2D eigenvalue weighted by Gasteiger charge is 2.15. The van der Waals surface area contributed by atoms with Crippen LogP contribution >= 0.6 is 0 Å². The Morgan fingerprint density at radius 1 is 1.18 bits per heavy atom. The van der Waals surface area contributed by atoms with Crippen molar-refractivity contribution in [1.29, 1.82) is 0 Å². The zero-order chi connectivity index (χ0) is 8.10. The number of hydrogen-bond donors (Lipinski definition) is 3. The van der Waals surface area contributed by atoms with E-state index in [0.29, 0.717) is 0 Å². The summed E-state index contributed by atoms with van der Waals surface area (Å²) in [5.41, 5.74) is 2.77. The van der Waals surface area contributed by atoms with E-state index in [-0.39, 0.29) is 0 Å². The van der Waals surface area contributed by atoms with Crippen LogP contribution in [0.2, 0.25) is 0 Å². The molecule has 3 N–H and O–H groups in total. The first kappa shape index (κ1) is 8.07. The summed E-state index contributed by atoms with van der Waals surface area (Å²) in [6.45, 7) is 5.06. The number of hydrogen-bond acceptors (Lipinski definition) is 4. The van der Waals surface area contributed by atoms with E-state index >= 15 is 0 Å². The number of nitrogens with one attached hydrogen (secondary N) is 3. The van der Waals surface area contributed by atoms with Crippen LogP contribution in [0.15, 0.2) is 11.4 Å². The molecule has 0 radical (unpaired) electrons. The molecule has 0 aromatic heterocycles. The quantitative estimate of drug-likeness (QED) is 0.427. The first-order valence-electron chi connectivity index (χ1n) is 3.66. The highest BCUT2D eigenvalue weighted by atomic mass is 16.1. The Morgan fingerprint density at radius 3 is 2.64 bits per heavy atom. The van der Waals surface area contributed by atoms with Crippen molar-refractivity contribution >= 4 is 6.79 Å². The predicted octanol–water partition coefficient (Wildman–Crippen LogP) is -0.843. The van der Waals surface area contributed by atoms with Gasteiger partial charge in [-0.25, -0.2) is 0 Å². The maximum Gasteiger partial charge on any atom is 0.106 e. The zero-order valence-corrected chi connectivity index (χ0v) is 6.44. The lowest BCUT2D eigenvalue weighted by atomic mass is 10.2. The molecule has 4 nitrogen and oxygen atoms in total. The SMILES string of the molecule is C1CC2=C(CN1)NCN2.C=O. The first-order chi connectivity index (χ1) is 5.47. The molecule has 2 heterocycles. The lowest BCUT2D eigenvalue weighted by Crippen LogP contribution is -2.27. The molecule has 0 fully saturated rings. The molecule has 62 valence electrons. The van der Waals surface area contributed by atoms with E-state index in [0.717, 1.165) is 26.2 Å². The van der Waals surface area contributed by atoms with Crippen LogP contribution in [0, 0.1) is 0 Å². The minimum Gasteiger partial charge on any atom is -0.370 e. The third-order valence-electron chi connectivity index (χ3n) is 1.82. The van der Waals surface area contributed by atoms with Gasteiger partial charge in [-0.05, 0) is 0 Å². The molecule has 0 aromatic carbocycles. The number of rotatable bonds is 0. The Hall–Kier alpha value is -1.03. The highest BCUT2D eigenvalue weighted by Crippen LogP contribution is 2.09. The monoisotopic (exact) mass is 155 g/mol. The van der Waals surface area contributed by atoms with Gasteiger partial charge >= 0.3 is 0 Å². The van der Waals surface area contributed by atoms with E-state index in [1.54, 1.807) is 0 Å². The summed E-state index contributed by atoms with van der Waals surface area (Å²) >= 11 is 0. The van der Waals surface area contributed by atoms with E-state index in [2.05, 4.69) is 16.0 Å². The van der Waals surface area contributed by atoms with Gasteiger partial charge in [0, 0.05) is 30.9 Å². The fourth-order valence-corrected chi connectivity index (χ4v) is 1.31. The molecule has 2 aliphatic heterocycles. The van der Waals surface area contributed by atoms with E-state index in [1.165, 1.54) is 11.4 Å². The van der Waals surface area contributed by atoms with Crippen molar-refractivity contribution < 1.29 is 4.79 Å². The normalized spacial score (nSPS) is 20.7. The lowest BCUT2D eigenvalue weighted by molar-refractivity contribution is -0.0979. The van der Waals surface area contributed by atoms with Gasteiger partial charge in [-0.1, -0.05) is 0 Å². The number of carbonyl (C=O) groups is 1. The number of carbonyl (C=O) groups excluding carboxylic acids is 1. The summed E-state index contributed by atoms with van der Waals surface area (Å²) < 4.78 is 0. The molecule has 2 aliphatic rings. The Balaban J connectivity index is 0.000000281. The van der Waals surface area contributed by atoms with Crippen LogP contribution in [0.5, 0.6) is 0 Å². The Bertz CT molecular complexity index is 151. The minimum absolute atomic E-state index is 0.923. The standard InChI is InChI=1S/C6H11N3.CH2O/c1-2-7-3-6-5(1)8-4-9-6;1-2/h7-9H,1-4H2;1H2. The molecule has 0 saturated carbocycles. The summed E-state index contributed by atoms with van der Waals surface area (Å²) in [6, 6.07) is 0. The summed E-state index contributed by atoms with van der Waals surface area (Å²) in [7, 11) is 0.